The van der Waals surface area contributed by atoms with Gasteiger partial charge < -0.3 is 10.5 Å². The number of hydrogen-bond acceptors (Lipinski definition) is 6. The second-order valence-corrected chi connectivity index (χ2v) is 6.88. The maximum Gasteiger partial charge on any atom is 0.305 e. The third-order valence-corrected chi connectivity index (χ3v) is 4.99. The Morgan fingerprint density at radius 1 is 1.18 bits per heavy atom. The van der Waals surface area contributed by atoms with Gasteiger partial charge >= 0.3 is 5.97 Å². The molecule has 2 aromatic rings. The number of benzene rings is 1. The van der Waals surface area contributed by atoms with Crippen molar-refractivity contribution in [3.05, 3.63) is 48.0 Å². The molecule has 28 heavy (non-hydrogen) atoms. The van der Waals surface area contributed by atoms with Crippen molar-refractivity contribution < 1.29 is 9.53 Å². The lowest BCUT2D eigenvalue weighted by Gasteiger charge is -2.30. The van der Waals surface area contributed by atoms with Crippen LogP contribution < -0.4 is 5.73 Å². The molecule has 1 saturated heterocycles. The van der Waals surface area contributed by atoms with Crippen molar-refractivity contribution in [1.82, 2.24) is 14.9 Å². The first-order valence-corrected chi connectivity index (χ1v) is 9.10. The van der Waals surface area contributed by atoms with Gasteiger partial charge in [0.05, 0.1) is 13.7 Å². The molecule has 7 nitrogen and oxygen atoms in total. The molecule has 8 heteroatoms. The molecule has 0 radical (unpaired) electrons. The predicted molar refractivity (Wildman–Crippen MR) is 110 cm³/mol. The molecule has 0 atom stereocenters. The largest absolute Gasteiger partial charge is 0.469 e. The second-order valence-electron chi connectivity index (χ2n) is 6.88. The van der Waals surface area contributed by atoms with Crippen LogP contribution in [-0.4, -0.2) is 46.9 Å². The minimum Gasteiger partial charge on any atom is -0.469 e. The zero-order valence-corrected chi connectivity index (χ0v) is 16.7. The summed E-state index contributed by atoms with van der Waals surface area (Å²) in [7, 11) is 1.44. The number of esters is 1. The van der Waals surface area contributed by atoms with E-state index in [1.54, 1.807) is 0 Å². The summed E-state index contributed by atoms with van der Waals surface area (Å²) in [6.07, 6.45) is 6.16. The van der Waals surface area contributed by atoms with Gasteiger partial charge in [-0.3, -0.25) is 15.1 Å². The Balaban J connectivity index is 0.00000280. The number of nitrogen functional groups attached to an aromatic ring is 1. The Kier molecular flexibility index (Phi) is 7.90. The highest BCUT2D eigenvalue weighted by Gasteiger charge is 2.22. The fourth-order valence-corrected chi connectivity index (χ4v) is 3.30. The first-order chi connectivity index (χ1) is 13.0. The van der Waals surface area contributed by atoms with Crippen LogP contribution in [0.25, 0.3) is 11.1 Å². The summed E-state index contributed by atoms with van der Waals surface area (Å²) in [5.74, 6) is 1.15. The molecule has 0 amide bonds. The van der Waals surface area contributed by atoms with E-state index in [4.69, 9.17) is 15.9 Å². The van der Waals surface area contributed by atoms with E-state index in [1.165, 1.54) is 7.11 Å². The van der Waals surface area contributed by atoms with Gasteiger partial charge in [0.2, 0.25) is 0 Å². The Labute approximate surface area is 171 Å². The highest BCUT2D eigenvalue weighted by Crippen LogP contribution is 2.22. The number of amidine groups is 1. The fraction of sp³-hybridized carbons (Fsp3) is 0.400. The molecule has 150 valence electrons. The molecule has 1 fully saturated rings. The average Bonchev–Trinajstić information content (AvgIpc) is 2.70. The van der Waals surface area contributed by atoms with Gasteiger partial charge in [-0.05, 0) is 37.4 Å². The Morgan fingerprint density at radius 3 is 2.32 bits per heavy atom. The summed E-state index contributed by atoms with van der Waals surface area (Å²) in [6, 6.07) is 7.48. The van der Waals surface area contributed by atoms with E-state index in [-0.39, 0.29) is 24.2 Å². The van der Waals surface area contributed by atoms with E-state index < -0.39 is 0 Å². The molecule has 0 spiro atoms. The number of ether oxygens (including phenoxy) is 1. The molecule has 1 aromatic carbocycles. The summed E-state index contributed by atoms with van der Waals surface area (Å²) < 4.78 is 4.75. The van der Waals surface area contributed by atoms with Crippen LogP contribution in [0, 0.1) is 11.3 Å². The number of likely N-dealkylation sites (tertiary alicyclic amines) is 1. The predicted octanol–water partition coefficient (Wildman–Crippen LogP) is 2.62. The van der Waals surface area contributed by atoms with Gasteiger partial charge in [0.25, 0.3) is 0 Å². The molecule has 3 rings (SSSR count). The first-order valence-electron chi connectivity index (χ1n) is 9.10. The van der Waals surface area contributed by atoms with Gasteiger partial charge in [-0.25, -0.2) is 9.97 Å². The molecule has 0 saturated carbocycles. The van der Waals surface area contributed by atoms with Crippen LogP contribution in [0.2, 0.25) is 0 Å². The Bertz CT molecular complexity index is 787. The van der Waals surface area contributed by atoms with Crippen LogP contribution in [0.3, 0.4) is 0 Å². The molecular formula is C20H26ClN5O2. The van der Waals surface area contributed by atoms with Gasteiger partial charge in [0, 0.05) is 29.9 Å². The highest BCUT2D eigenvalue weighted by atomic mass is 35.5. The third-order valence-electron chi connectivity index (χ3n) is 4.99. The number of piperidine rings is 1. The lowest BCUT2D eigenvalue weighted by molar-refractivity contribution is -0.142. The van der Waals surface area contributed by atoms with E-state index in [1.807, 2.05) is 36.7 Å². The zero-order valence-electron chi connectivity index (χ0n) is 15.9. The minimum absolute atomic E-state index is 0. The summed E-state index contributed by atoms with van der Waals surface area (Å²) in [5.41, 5.74) is 8.11. The van der Waals surface area contributed by atoms with E-state index in [0.29, 0.717) is 24.4 Å². The summed E-state index contributed by atoms with van der Waals surface area (Å²) in [5, 5.41) is 7.44. The van der Waals surface area contributed by atoms with Gasteiger partial charge in [0.15, 0.2) is 0 Å². The van der Waals surface area contributed by atoms with Crippen LogP contribution >= 0.6 is 12.4 Å². The van der Waals surface area contributed by atoms with Crippen LogP contribution in [-0.2, 0) is 16.1 Å². The molecule has 0 aliphatic carbocycles. The van der Waals surface area contributed by atoms with Crippen molar-refractivity contribution in [2.24, 2.45) is 11.7 Å². The number of nitrogens with one attached hydrogen (secondary N) is 1. The van der Waals surface area contributed by atoms with Gasteiger partial charge in [-0.15, -0.1) is 12.4 Å². The smallest absolute Gasteiger partial charge is 0.305 e. The van der Waals surface area contributed by atoms with Crippen LogP contribution in [0.15, 0.2) is 36.7 Å². The van der Waals surface area contributed by atoms with Crippen molar-refractivity contribution in [3.8, 4) is 11.1 Å². The number of carbonyl (C=O) groups excluding carboxylic acids is 1. The van der Waals surface area contributed by atoms with Crippen molar-refractivity contribution >= 4 is 24.2 Å². The van der Waals surface area contributed by atoms with Gasteiger partial charge in [-0.2, -0.15) is 0 Å². The number of methoxy groups -OCH3 is 1. The Morgan fingerprint density at radius 2 is 1.79 bits per heavy atom. The molecule has 1 aliphatic heterocycles. The first kappa shape index (κ1) is 21.8. The molecule has 3 N–H and O–H groups in total. The van der Waals surface area contributed by atoms with Crippen LogP contribution in [0.1, 0.15) is 30.7 Å². The topological polar surface area (TPSA) is 105 Å². The van der Waals surface area contributed by atoms with Gasteiger partial charge in [0.1, 0.15) is 11.7 Å². The summed E-state index contributed by atoms with van der Waals surface area (Å²) in [4.78, 5) is 22.7. The molecule has 0 bridgehead atoms. The van der Waals surface area contributed by atoms with E-state index in [9.17, 15) is 4.79 Å². The number of nitrogens with zero attached hydrogens (tertiary/aromatic N) is 3. The minimum atomic E-state index is -0.122. The van der Waals surface area contributed by atoms with Gasteiger partial charge in [-0.1, -0.05) is 24.3 Å². The number of aromatic nitrogens is 2. The van der Waals surface area contributed by atoms with Crippen molar-refractivity contribution in [3.63, 3.8) is 0 Å². The van der Waals surface area contributed by atoms with Crippen molar-refractivity contribution in [1.29, 1.82) is 5.41 Å². The fourth-order valence-electron chi connectivity index (χ4n) is 3.30. The Hall–Kier alpha value is -2.51. The maximum absolute atomic E-state index is 11.4. The summed E-state index contributed by atoms with van der Waals surface area (Å²) >= 11 is 0. The summed E-state index contributed by atoms with van der Waals surface area (Å²) in [6.45, 7) is 2.60. The second kappa shape index (κ2) is 10.1. The standard InChI is InChI=1S/C20H25N5O2.ClH/c1-27-19(26)10-14-6-8-25(9-7-14)13-18-23-11-17(12-24-18)15-2-4-16(5-3-15)20(21)22;/h2-5,11-12,14H,6-10,13H2,1H3,(H3,21,22);1H. The van der Waals surface area contributed by atoms with E-state index >= 15 is 0 Å². The highest BCUT2D eigenvalue weighted by molar-refractivity contribution is 5.95. The maximum atomic E-state index is 11.4. The van der Waals surface area contributed by atoms with Crippen molar-refractivity contribution in [2.75, 3.05) is 20.2 Å². The normalized spacial score (nSPS) is 14.9. The van der Waals surface area contributed by atoms with Crippen LogP contribution in [0.4, 0.5) is 0 Å². The zero-order chi connectivity index (χ0) is 19.2. The molecule has 1 aromatic heterocycles. The quantitative estimate of drug-likeness (QED) is 0.436. The van der Waals surface area contributed by atoms with E-state index in [0.717, 1.165) is 42.9 Å². The number of nitrogens with two attached hydrogens (primary N) is 1. The van der Waals surface area contributed by atoms with E-state index in [2.05, 4.69) is 14.9 Å². The third kappa shape index (κ3) is 5.74. The number of carbonyl (C=O) groups is 1. The molecule has 1 aliphatic rings. The monoisotopic (exact) mass is 403 g/mol. The average molecular weight is 404 g/mol. The number of halogens is 1. The SMILES string of the molecule is COC(=O)CC1CCN(Cc2ncc(-c3ccc(C(=N)N)cc3)cn2)CC1.Cl. The molecule has 2 heterocycles. The number of rotatable bonds is 6. The lowest BCUT2D eigenvalue weighted by Crippen LogP contribution is -2.34. The molecular weight excluding hydrogens is 378 g/mol. The molecule has 0 unspecified atom stereocenters. The van der Waals surface area contributed by atoms with Crippen molar-refractivity contribution in [2.45, 2.75) is 25.8 Å². The lowest BCUT2D eigenvalue weighted by atomic mass is 9.93. The number of hydrogen-bond donors (Lipinski definition) is 2. The van der Waals surface area contributed by atoms with Crippen LogP contribution in [0.5, 0.6) is 0 Å².